The number of para-hydroxylation sites is 2. The smallest absolute Gasteiger partial charge is 0.0998 e. The number of thioether (sulfide) groups is 1. The van der Waals surface area contributed by atoms with Crippen molar-refractivity contribution in [3.05, 3.63) is 160 Å². The number of thiophene rings is 1. The van der Waals surface area contributed by atoms with Gasteiger partial charge in [-0.2, -0.15) is 5.26 Å². The van der Waals surface area contributed by atoms with Crippen LogP contribution in [0.3, 0.4) is 0 Å². The van der Waals surface area contributed by atoms with E-state index in [1.807, 2.05) is 35.2 Å². The zero-order valence-electron chi connectivity index (χ0n) is 25.3. The van der Waals surface area contributed by atoms with Gasteiger partial charge in [-0.25, -0.2) is 0 Å². The van der Waals surface area contributed by atoms with E-state index in [0.29, 0.717) is 11.5 Å². The molecule has 0 radical (unpaired) electrons. The molecular weight excluding hydrogens is 609 g/mol. The van der Waals surface area contributed by atoms with E-state index in [1.54, 1.807) is 0 Å². The summed E-state index contributed by atoms with van der Waals surface area (Å²) in [5, 5.41) is 14.2. The van der Waals surface area contributed by atoms with Crippen LogP contribution in [0.1, 0.15) is 27.5 Å². The van der Waals surface area contributed by atoms with Crippen molar-refractivity contribution in [1.29, 1.82) is 5.26 Å². The molecule has 1 aliphatic carbocycles. The van der Waals surface area contributed by atoms with Gasteiger partial charge < -0.3 is 4.57 Å². The van der Waals surface area contributed by atoms with Crippen LogP contribution >= 0.6 is 23.1 Å². The minimum atomic E-state index is 0.368. The summed E-state index contributed by atoms with van der Waals surface area (Å²) in [5.74, 6) is 0.368. The fourth-order valence-corrected chi connectivity index (χ4v) is 10.2. The first kappa shape index (κ1) is 26.8. The molecule has 3 heterocycles. The van der Waals surface area contributed by atoms with E-state index in [4.69, 9.17) is 0 Å². The number of nitrogens with zero attached hydrogens (tertiary/aromatic N) is 2. The lowest BCUT2D eigenvalue weighted by Crippen LogP contribution is -2.05. The third-order valence-corrected chi connectivity index (χ3v) is 12.2. The standard InChI is InChI=1S/C43H26N2S2/c44-25-29-11-8-16-38(45-36-14-6-4-12-30(36)31-13-5-7-15-37(31)45)43(29)28-18-20-40-33(22-28)35-23-34-32-21-27(26-9-2-1-3-10-26)17-19-39(32)46-41(34)24-42(35)47-40/h1-22,24,34H,23H2. The Bertz CT molecular complexity index is 2600. The van der Waals surface area contributed by atoms with Crippen molar-refractivity contribution in [3.8, 4) is 34.0 Å². The molecule has 10 rings (SSSR count). The van der Waals surface area contributed by atoms with Gasteiger partial charge in [-0.1, -0.05) is 96.7 Å². The Kier molecular flexibility index (Phi) is 5.90. The summed E-state index contributed by atoms with van der Waals surface area (Å²) >= 11 is 3.82. The van der Waals surface area contributed by atoms with E-state index in [0.717, 1.165) is 34.3 Å². The molecule has 220 valence electrons. The molecule has 6 aromatic carbocycles. The molecule has 47 heavy (non-hydrogen) atoms. The Morgan fingerprint density at radius 1 is 0.660 bits per heavy atom. The van der Waals surface area contributed by atoms with Gasteiger partial charge in [0.25, 0.3) is 0 Å². The van der Waals surface area contributed by atoms with Gasteiger partial charge in [-0.15, -0.1) is 11.3 Å². The van der Waals surface area contributed by atoms with Crippen LogP contribution in [0.4, 0.5) is 0 Å². The predicted molar refractivity (Wildman–Crippen MR) is 198 cm³/mol. The van der Waals surface area contributed by atoms with Crippen molar-refractivity contribution in [3.63, 3.8) is 0 Å². The molecule has 2 aliphatic rings. The lowest BCUT2D eigenvalue weighted by atomic mass is 9.85. The quantitative estimate of drug-likeness (QED) is 0.193. The van der Waals surface area contributed by atoms with Gasteiger partial charge in [0.05, 0.1) is 28.4 Å². The van der Waals surface area contributed by atoms with E-state index in [9.17, 15) is 5.26 Å². The second-order valence-corrected chi connectivity index (χ2v) is 14.6. The van der Waals surface area contributed by atoms with E-state index in [2.05, 4.69) is 138 Å². The monoisotopic (exact) mass is 634 g/mol. The highest BCUT2D eigenvalue weighted by Crippen LogP contribution is 2.56. The van der Waals surface area contributed by atoms with Crippen molar-refractivity contribution in [2.24, 2.45) is 0 Å². The Balaban J connectivity index is 1.13. The van der Waals surface area contributed by atoms with E-state index < -0.39 is 0 Å². The van der Waals surface area contributed by atoms with Gasteiger partial charge in [-0.05, 0) is 99.1 Å². The molecular formula is C43H26N2S2. The summed E-state index contributed by atoms with van der Waals surface area (Å²) in [5.41, 5.74) is 11.5. The van der Waals surface area contributed by atoms with Gasteiger partial charge in [0, 0.05) is 36.7 Å². The van der Waals surface area contributed by atoms with Crippen LogP contribution in [0, 0.1) is 11.3 Å². The normalized spacial score (nSPS) is 15.0. The summed E-state index contributed by atoms with van der Waals surface area (Å²) < 4.78 is 3.63. The number of nitriles is 1. The van der Waals surface area contributed by atoms with Crippen LogP contribution < -0.4 is 0 Å². The number of hydrogen-bond donors (Lipinski definition) is 0. The second kappa shape index (κ2) is 10.3. The fraction of sp³-hybridized carbons (Fsp3) is 0.0465. The number of allylic oxidation sites excluding steroid dienone is 1. The third kappa shape index (κ3) is 4.04. The fourth-order valence-electron chi connectivity index (χ4n) is 7.70. The van der Waals surface area contributed by atoms with Crippen molar-refractivity contribution in [1.82, 2.24) is 4.57 Å². The van der Waals surface area contributed by atoms with Crippen LogP contribution in [-0.2, 0) is 6.42 Å². The summed E-state index contributed by atoms with van der Waals surface area (Å²) in [6.45, 7) is 0. The number of rotatable bonds is 3. The Labute approximate surface area is 280 Å². The molecule has 0 saturated carbocycles. The largest absolute Gasteiger partial charge is 0.309 e. The summed E-state index contributed by atoms with van der Waals surface area (Å²) in [6, 6.07) is 50.3. The molecule has 0 spiro atoms. The van der Waals surface area contributed by atoms with Crippen LogP contribution in [0.2, 0.25) is 0 Å². The maximum atomic E-state index is 10.4. The molecule has 0 N–H and O–H groups in total. The van der Waals surface area contributed by atoms with Crippen LogP contribution in [-0.4, -0.2) is 4.57 Å². The van der Waals surface area contributed by atoms with Crippen molar-refractivity contribution in [2.45, 2.75) is 17.2 Å². The summed E-state index contributed by atoms with van der Waals surface area (Å²) in [4.78, 5) is 4.19. The molecule has 0 amide bonds. The predicted octanol–water partition coefficient (Wildman–Crippen LogP) is 12.0. The number of aromatic nitrogens is 1. The molecule has 1 aliphatic heterocycles. The molecule has 0 fully saturated rings. The highest BCUT2D eigenvalue weighted by atomic mass is 32.2. The number of hydrogen-bond acceptors (Lipinski definition) is 3. The Morgan fingerprint density at radius 3 is 2.19 bits per heavy atom. The zero-order chi connectivity index (χ0) is 31.1. The van der Waals surface area contributed by atoms with Gasteiger partial charge in [0.15, 0.2) is 0 Å². The van der Waals surface area contributed by atoms with E-state index >= 15 is 0 Å². The lowest BCUT2D eigenvalue weighted by Gasteiger charge is -2.19. The van der Waals surface area contributed by atoms with Crippen LogP contribution in [0.5, 0.6) is 0 Å². The van der Waals surface area contributed by atoms with Gasteiger partial charge in [-0.3, -0.25) is 0 Å². The van der Waals surface area contributed by atoms with Crippen molar-refractivity contribution < 1.29 is 0 Å². The minimum Gasteiger partial charge on any atom is -0.309 e. The Morgan fingerprint density at radius 2 is 1.40 bits per heavy atom. The van der Waals surface area contributed by atoms with E-state index in [-0.39, 0.29) is 0 Å². The van der Waals surface area contributed by atoms with E-state index in [1.165, 1.54) is 57.8 Å². The molecule has 8 aromatic rings. The lowest BCUT2D eigenvalue weighted by molar-refractivity contribution is 0.822. The average Bonchev–Trinajstić information content (AvgIpc) is 3.78. The first-order valence-corrected chi connectivity index (χ1v) is 17.5. The molecule has 0 bridgehead atoms. The van der Waals surface area contributed by atoms with Crippen molar-refractivity contribution >= 4 is 61.1 Å². The van der Waals surface area contributed by atoms with Gasteiger partial charge in [0.1, 0.15) is 0 Å². The maximum absolute atomic E-state index is 10.4. The van der Waals surface area contributed by atoms with Gasteiger partial charge in [0.2, 0.25) is 0 Å². The second-order valence-electron chi connectivity index (χ2n) is 12.4. The molecule has 4 heteroatoms. The van der Waals surface area contributed by atoms with Crippen molar-refractivity contribution in [2.75, 3.05) is 0 Å². The van der Waals surface area contributed by atoms with Crippen LogP contribution in [0.15, 0.2) is 143 Å². The SMILES string of the molecule is N#Cc1cccc(-n2c3ccccc3c3ccccc32)c1-c1ccc2sc3c(c2c1)CC1C(=C3)Sc2ccc(-c3ccccc3)cc21. The van der Waals surface area contributed by atoms with Crippen LogP contribution in [0.25, 0.3) is 65.9 Å². The molecule has 0 saturated heterocycles. The molecule has 2 aromatic heterocycles. The summed E-state index contributed by atoms with van der Waals surface area (Å²) in [7, 11) is 0. The number of fused-ring (bicyclic) bond motifs is 9. The van der Waals surface area contributed by atoms with Gasteiger partial charge >= 0.3 is 0 Å². The highest BCUT2D eigenvalue weighted by molar-refractivity contribution is 8.03. The average molecular weight is 635 g/mol. The maximum Gasteiger partial charge on any atom is 0.0998 e. The zero-order valence-corrected chi connectivity index (χ0v) is 26.9. The minimum absolute atomic E-state index is 0.368. The molecule has 1 unspecified atom stereocenters. The molecule has 2 nitrogen and oxygen atoms in total. The third-order valence-electron chi connectivity index (χ3n) is 9.84. The first-order valence-electron chi connectivity index (χ1n) is 15.9. The number of benzene rings is 6. The highest BCUT2D eigenvalue weighted by Gasteiger charge is 2.34. The molecule has 1 atom stereocenters. The first-order chi connectivity index (χ1) is 23.2. The summed E-state index contributed by atoms with van der Waals surface area (Å²) in [6.07, 6.45) is 3.43. The Hall–Kier alpha value is -5.34. The topological polar surface area (TPSA) is 28.7 Å².